The van der Waals surface area contributed by atoms with E-state index < -0.39 is 0 Å². The second kappa shape index (κ2) is 6.94. The third kappa shape index (κ3) is 3.21. The van der Waals surface area contributed by atoms with E-state index in [-0.39, 0.29) is 12.4 Å². The minimum Gasteiger partial charge on any atom is -0.336 e. The van der Waals surface area contributed by atoms with Crippen LogP contribution in [0.3, 0.4) is 0 Å². The number of hydrogen-bond acceptors (Lipinski definition) is 3. The van der Waals surface area contributed by atoms with Crippen molar-refractivity contribution < 1.29 is 0 Å². The summed E-state index contributed by atoms with van der Waals surface area (Å²) in [5.41, 5.74) is 2.28. The van der Waals surface area contributed by atoms with Crippen LogP contribution in [0.5, 0.6) is 0 Å². The van der Waals surface area contributed by atoms with Crippen molar-refractivity contribution >= 4 is 56.8 Å². The van der Waals surface area contributed by atoms with Gasteiger partial charge < -0.3 is 4.90 Å². The van der Waals surface area contributed by atoms with Crippen LogP contribution in [0.1, 0.15) is 0 Å². The van der Waals surface area contributed by atoms with Crippen LogP contribution in [0.15, 0.2) is 60.8 Å². The number of pyridine rings is 1. The van der Waals surface area contributed by atoms with E-state index in [0.29, 0.717) is 0 Å². The molecule has 1 aromatic carbocycles. The second-order valence-electron chi connectivity index (χ2n) is 4.37. The highest BCUT2D eigenvalue weighted by Crippen LogP contribution is 2.37. The van der Waals surface area contributed by atoms with E-state index in [2.05, 4.69) is 27.9 Å². The van der Waals surface area contributed by atoms with Crippen LogP contribution in [-0.2, 0) is 0 Å². The summed E-state index contributed by atoms with van der Waals surface area (Å²) in [6.45, 7) is 4.60. The van der Waals surface area contributed by atoms with E-state index >= 15 is 0 Å². The molecule has 0 saturated carbocycles. The molecule has 5 heteroatoms. The zero-order chi connectivity index (χ0) is 13.9. The maximum absolute atomic E-state index is 6.05. The van der Waals surface area contributed by atoms with Gasteiger partial charge >= 0.3 is 0 Å². The van der Waals surface area contributed by atoms with Gasteiger partial charge in [0, 0.05) is 45.1 Å². The summed E-state index contributed by atoms with van der Waals surface area (Å²) in [6.07, 6.45) is 5.51. The van der Waals surface area contributed by atoms with E-state index in [1.807, 2.05) is 30.3 Å². The van der Waals surface area contributed by atoms with Gasteiger partial charge in [-0.15, -0.1) is 30.3 Å². The average Bonchev–Trinajstić information content (AvgIpc) is 2.88. The van der Waals surface area contributed by atoms with Gasteiger partial charge in [0.1, 0.15) is 0 Å². The highest BCUT2D eigenvalue weighted by Gasteiger charge is 2.13. The van der Waals surface area contributed by atoms with Gasteiger partial charge in [0.25, 0.3) is 0 Å². The number of rotatable bonds is 4. The molecule has 0 aliphatic rings. The molecule has 3 rings (SSSR count). The first kappa shape index (κ1) is 15.8. The molecule has 0 aliphatic heterocycles. The van der Waals surface area contributed by atoms with Gasteiger partial charge in [0.2, 0.25) is 0 Å². The number of halogens is 2. The Morgan fingerprint density at radius 2 is 2.00 bits per heavy atom. The average molecular weight is 337 g/mol. The van der Waals surface area contributed by atoms with E-state index in [1.165, 1.54) is 15.8 Å². The van der Waals surface area contributed by atoms with Crippen LogP contribution in [0.2, 0.25) is 5.02 Å². The third-order valence-corrected chi connectivity index (χ3v) is 4.26. The molecule has 0 atom stereocenters. The van der Waals surface area contributed by atoms with Gasteiger partial charge in [-0.2, -0.15) is 0 Å². The fraction of sp³-hybridized carbons (Fsp3) is 0.0625. The fourth-order valence-electron chi connectivity index (χ4n) is 2.19. The zero-order valence-electron chi connectivity index (χ0n) is 11.2. The largest absolute Gasteiger partial charge is 0.336 e. The molecule has 0 fully saturated rings. The quantitative estimate of drug-likeness (QED) is 0.568. The first-order valence-electron chi connectivity index (χ1n) is 6.25. The molecule has 0 N–H and O–H groups in total. The van der Waals surface area contributed by atoms with Crippen molar-refractivity contribution in [3.8, 4) is 0 Å². The van der Waals surface area contributed by atoms with Crippen LogP contribution in [0, 0.1) is 0 Å². The lowest BCUT2D eigenvalue weighted by atomic mass is 10.2. The normalized spacial score (nSPS) is 10.1. The van der Waals surface area contributed by atoms with Crippen molar-refractivity contribution in [3.05, 3.63) is 65.8 Å². The van der Waals surface area contributed by atoms with Crippen LogP contribution < -0.4 is 4.90 Å². The van der Waals surface area contributed by atoms with E-state index in [0.717, 1.165) is 17.3 Å². The summed E-state index contributed by atoms with van der Waals surface area (Å²) in [5, 5.41) is 4.13. The van der Waals surface area contributed by atoms with Crippen molar-refractivity contribution in [1.82, 2.24) is 4.98 Å². The molecule has 108 valence electrons. The number of benzene rings is 1. The number of aromatic nitrogens is 1. The van der Waals surface area contributed by atoms with Gasteiger partial charge in [0.05, 0.1) is 5.69 Å². The fourth-order valence-corrected chi connectivity index (χ4v) is 3.42. The Morgan fingerprint density at radius 3 is 2.71 bits per heavy atom. The first-order valence-corrected chi connectivity index (χ1v) is 7.50. The minimum absolute atomic E-state index is 0. The summed E-state index contributed by atoms with van der Waals surface area (Å²) in [4.78, 5) is 6.30. The van der Waals surface area contributed by atoms with Gasteiger partial charge in [-0.1, -0.05) is 17.7 Å². The minimum atomic E-state index is 0. The van der Waals surface area contributed by atoms with E-state index in [4.69, 9.17) is 11.6 Å². The lowest BCUT2D eigenvalue weighted by Crippen LogP contribution is -2.16. The third-order valence-electron chi connectivity index (χ3n) is 3.09. The van der Waals surface area contributed by atoms with Crippen LogP contribution in [-0.4, -0.2) is 11.5 Å². The molecule has 0 saturated heterocycles. The van der Waals surface area contributed by atoms with Gasteiger partial charge in [-0.05, 0) is 30.3 Å². The van der Waals surface area contributed by atoms with Gasteiger partial charge in [-0.3, -0.25) is 4.98 Å². The van der Waals surface area contributed by atoms with Crippen molar-refractivity contribution in [2.45, 2.75) is 0 Å². The number of hydrogen-bond donors (Lipinski definition) is 0. The molecule has 0 spiro atoms. The Hall–Kier alpha value is -1.55. The summed E-state index contributed by atoms with van der Waals surface area (Å²) in [7, 11) is 0. The van der Waals surface area contributed by atoms with Gasteiger partial charge in [0.15, 0.2) is 0 Å². The summed E-state index contributed by atoms with van der Waals surface area (Å²) in [5.74, 6) is 0. The Bertz CT molecular complexity index is 740. The standard InChI is InChI=1S/C16H13ClN2S.ClH/c1-2-9-19(13-5-7-18-8-6-13)15-11-20-16-10-12(17)3-4-14(15)16;/h2-8,10-11H,1,9H2;1H. The number of anilines is 2. The molecule has 0 radical (unpaired) electrons. The first-order chi connectivity index (χ1) is 9.79. The molecule has 2 aromatic heterocycles. The Kier molecular flexibility index (Phi) is 5.23. The molecule has 0 aliphatic carbocycles. The Labute approximate surface area is 139 Å². The molecule has 21 heavy (non-hydrogen) atoms. The molecule has 3 aromatic rings. The number of nitrogens with zero attached hydrogens (tertiary/aromatic N) is 2. The number of thiophene rings is 1. The molecule has 0 amide bonds. The molecule has 0 bridgehead atoms. The lowest BCUT2D eigenvalue weighted by molar-refractivity contribution is 1.10. The summed E-state index contributed by atoms with van der Waals surface area (Å²) >= 11 is 7.76. The Morgan fingerprint density at radius 1 is 1.24 bits per heavy atom. The van der Waals surface area contributed by atoms with Crippen molar-refractivity contribution in [2.75, 3.05) is 11.4 Å². The maximum Gasteiger partial charge on any atom is 0.0602 e. The van der Waals surface area contributed by atoms with Crippen molar-refractivity contribution in [3.63, 3.8) is 0 Å². The molecule has 2 nitrogen and oxygen atoms in total. The Balaban J connectivity index is 0.00000161. The van der Waals surface area contributed by atoms with E-state index in [9.17, 15) is 0 Å². The number of fused-ring (bicyclic) bond motifs is 1. The van der Waals surface area contributed by atoms with Crippen molar-refractivity contribution in [2.24, 2.45) is 0 Å². The molecule has 2 heterocycles. The van der Waals surface area contributed by atoms with Crippen LogP contribution in [0.25, 0.3) is 10.1 Å². The molecular formula is C16H14Cl2N2S. The lowest BCUT2D eigenvalue weighted by Gasteiger charge is -2.22. The zero-order valence-corrected chi connectivity index (χ0v) is 13.6. The topological polar surface area (TPSA) is 16.1 Å². The van der Waals surface area contributed by atoms with Gasteiger partial charge in [-0.25, -0.2) is 0 Å². The smallest absolute Gasteiger partial charge is 0.0602 e. The SMILES string of the molecule is C=CCN(c1ccncc1)c1csc2cc(Cl)ccc12.Cl. The highest BCUT2D eigenvalue weighted by molar-refractivity contribution is 7.17. The summed E-state index contributed by atoms with van der Waals surface area (Å²) in [6, 6.07) is 10.0. The predicted octanol–water partition coefficient (Wildman–Crippen LogP) is 5.70. The molecule has 0 unspecified atom stereocenters. The highest BCUT2D eigenvalue weighted by atomic mass is 35.5. The van der Waals surface area contributed by atoms with Crippen molar-refractivity contribution in [1.29, 1.82) is 0 Å². The second-order valence-corrected chi connectivity index (χ2v) is 5.71. The monoisotopic (exact) mass is 336 g/mol. The van der Waals surface area contributed by atoms with E-state index in [1.54, 1.807) is 23.7 Å². The summed E-state index contributed by atoms with van der Waals surface area (Å²) < 4.78 is 1.19. The van der Waals surface area contributed by atoms with Crippen LogP contribution in [0.4, 0.5) is 11.4 Å². The van der Waals surface area contributed by atoms with Crippen LogP contribution >= 0.6 is 35.3 Å². The molecular weight excluding hydrogens is 323 g/mol. The maximum atomic E-state index is 6.05. The predicted molar refractivity (Wildman–Crippen MR) is 95.5 cm³/mol.